The zero-order valence-corrected chi connectivity index (χ0v) is 19.3. The fourth-order valence-corrected chi connectivity index (χ4v) is 5.75. The molecule has 0 bridgehead atoms. The monoisotopic (exact) mass is 452 g/mol. The highest BCUT2D eigenvalue weighted by Crippen LogP contribution is 2.25. The number of benzene rings is 2. The van der Waals surface area contributed by atoms with Gasteiger partial charge in [-0.15, -0.1) is 0 Å². The third-order valence-electron chi connectivity index (χ3n) is 5.79. The van der Waals surface area contributed by atoms with Crippen LogP contribution in [0, 0.1) is 6.92 Å². The van der Waals surface area contributed by atoms with Gasteiger partial charge in [-0.05, 0) is 49.6 Å². The van der Waals surface area contributed by atoms with Crippen molar-refractivity contribution in [3.8, 4) is 5.69 Å². The first kappa shape index (κ1) is 22.2. The number of carbonyl (C=O) groups is 1. The summed E-state index contributed by atoms with van der Waals surface area (Å²) in [6, 6.07) is 14.7. The Morgan fingerprint density at radius 2 is 1.78 bits per heavy atom. The van der Waals surface area contributed by atoms with Gasteiger partial charge in [0, 0.05) is 44.0 Å². The van der Waals surface area contributed by atoms with E-state index in [0.29, 0.717) is 30.8 Å². The summed E-state index contributed by atoms with van der Waals surface area (Å²) in [6.07, 6.45) is 6.42. The van der Waals surface area contributed by atoms with E-state index in [-0.39, 0.29) is 10.8 Å². The minimum absolute atomic E-state index is 0.218. The maximum Gasteiger partial charge on any atom is 0.253 e. The van der Waals surface area contributed by atoms with E-state index in [4.69, 9.17) is 0 Å². The molecular weight excluding hydrogens is 424 g/mol. The van der Waals surface area contributed by atoms with Crippen LogP contribution in [-0.4, -0.2) is 53.4 Å². The van der Waals surface area contributed by atoms with Gasteiger partial charge in [0.2, 0.25) is 10.0 Å². The van der Waals surface area contributed by atoms with Crippen LogP contribution in [0.5, 0.6) is 0 Å². The van der Waals surface area contributed by atoms with Crippen molar-refractivity contribution in [1.82, 2.24) is 19.0 Å². The minimum Gasteiger partial charge on any atom is -0.337 e. The number of aromatic nitrogens is 2. The third kappa shape index (κ3) is 4.61. The molecule has 2 heterocycles. The van der Waals surface area contributed by atoms with E-state index in [2.05, 4.69) is 5.10 Å². The molecule has 1 fully saturated rings. The Hall–Kier alpha value is -2.97. The Bertz CT molecular complexity index is 1200. The predicted octanol–water partition coefficient (Wildman–Crippen LogP) is 3.63. The number of rotatable bonds is 6. The predicted molar refractivity (Wildman–Crippen MR) is 123 cm³/mol. The van der Waals surface area contributed by atoms with Crippen molar-refractivity contribution in [3.63, 3.8) is 0 Å². The highest BCUT2D eigenvalue weighted by molar-refractivity contribution is 7.89. The average molecular weight is 453 g/mol. The van der Waals surface area contributed by atoms with Crippen molar-refractivity contribution in [2.45, 2.75) is 37.6 Å². The van der Waals surface area contributed by atoms with Gasteiger partial charge in [-0.2, -0.15) is 9.40 Å². The summed E-state index contributed by atoms with van der Waals surface area (Å²) in [6.45, 7) is 3.21. The number of hydrogen-bond acceptors (Lipinski definition) is 4. The fraction of sp³-hybridized carbons (Fsp3) is 0.333. The Balaban J connectivity index is 1.52. The van der Waals surface area contributed by atoms with Crippen LogP contribution in [0.1, 0.15) is 40.7 Å². The molecule has 1 aromatic heterocycles. The number of piperidine rings is 1. The van der Waals surface area contributed by atoms with E-state index < -0.39 is 10.0 Å². The van der Waals surface area contributed by atoms with E-state index >= 15 is 0 Å². The Kier molecular flexibility index (Phi) is 6.43. The normalized spacial score (nSPS) is 14.9. The van der Waals surface area contributed by atoms with Crippen molar-refractivity contribution in [3.05, 3.63) is 77.6 Å². The Labute approximate surface area is 189 Å². The van der Waals surface area contributed by atoms with Crippen LogP contribution < -0.4 is 0 Å². The zero-order chi connectivity index (χ0) is 22.7. The smallest absolute Gasteiger partial charge is 0.253 e. The molecule has 32 heavy (non-hydrogen) atoms. The van der Waals surface area contributed by atoms with E-state index in [9.17, 15) is 13.2 Å². The van der Waals surface area contributed by atoms with E-state index in [1.165, 1.54) is 10.4 Å². The molecule has 2 aromatic carbocycles. The molecule has 1 aliphatic heterocycles. The lowest BCUT2D eigenvalue weighted by Gasteiger charge is -2.27. The highest BCUT2D eigenvalue weighted by Gasteiger charge is 2.28. The Morgan fingerprint density at radius 3 is 2.50 bits per heavy atom. The number of carbonyl (C=O) groups excluding carboxylic acids is 1. The van der Waals surface area contributed by atoms with Crippen LogP contribution in [0.15, 0.2) is 65.8 Å². The van der Waals surface area contributed by atoms with Gasteiger partial charge in [-0.25, -0.2) is 13.1 Å². The molecule has 8 heteroatoms. The molecule has 3 aromatic rings. The lowest BCUT2D eigenvalue weighted by Crippen LogP contribution is -2.36. The van der Waals surface area contributed by atoms with Gasteiger partial charge in [0.15, 0.2) is 0 Å². The van der Waals surface area contributed by atoms with Crippen LogP contribution in [-0.2, 0) is 16.6 Å². The lowest BCUT2D eigenvalue weighted by molar-refractivity contribution is 0.0785. The second kappa shape index (κ2) is 9.26. The molecular formula is C24H28N4O3S. The van der Waals surface area contributed by atoms with Gasteiger partial charge in [-0.1, -0.05) is 30.7 Å². The van der Waals surface area contributed by atoms with E-state index in [1.54, 1.807) is 41.9 Å². The molecule has 0 saturated carbocycles. The van der Waals surface area contributed by atoms with Crippen LogP contribution in [0.25, 0.3) is 5.69 Å². The minimum atomic E-state index is -3.61. The molecule has 0 aliphatic carbocycles. The standard InChI is InChI=1S/C24H28N4O3S/c1-19-11-12-21(15-23(19)32(30,31)27-13-7-4-8-14-27)24(29)26(2)17-20-16-25-28(18-20)22-9-5-3-6-10-22/h3,5-6,9-12,15-16,18H,4,7-8,13-14,17H2,1-2H3. The maximum atomic E-state index is 13.2. The quantitative estimate of drug-likeness (QED) is 0.572. The van der Waals surface area contributed by atoms with Gasteiger partial charge >= 0.3 is 0 Å². The van der Waals surface area contributed by atoms with Gasteiger partial charge in [0.25, 0.3) is 5.91 Å². The summed E-state index contributed by atoms with van der Waals surface area (Å²) in [5.74, 6) is -0.229. The summed E-state index contributed by atoms with van der Waals surface area (Å²) >= 11 is 0. The molecule has 7 nitrogen and oxygen atoms in total. The number of hydrogen-bond donors (Lipinski definition) is 0. The second-order valence-electron chi connectivity index (χ2n) is 8.23. The number of para-hydroxylation sites is 1. The molecule has 168 valence electrons. The topological polar surface area (TPSA) is 75.5 Å². The van der Waals surface area contributed by atoms with Gasteiger partial charge < -0.3 is 4.90 Å². The van der Waals surface area contributed by atoms with E-state index in [0.717, 1.165) is 30.5 Å². The molecule has 4 rings (SSSR count). The van der Waals surface area contributed by atoms with E-state index in [1.807, 2.05) is 36.5 Å². The molecule has 0 spiro atoms. The third-order valence-corrected chi connectivity index (χ3v) is 7.83. The number of sulfonamides is 1. The van der Waals surface area contributed by atoms with Crippen molar-refractivity contribution >= 4 is 15.9 Å². The first-order valence-corrected chi connectivity index (χ1v) is 12.3. The molecule has 0 radical (unpaired) electrons. The van der Waals surface area contributed by atoms with Crippen molar-refractivity contribution in [2.75, 3.05) is 20.1 Å². The summed E-state index contributed by atoms with van der Waals surface area (Å²) in [7, 11) is -1.90. The first-order valence-electron chi connectivity index (χ1n) is 10.8. The fourth-order valence-electron chi connectivity index (χ4n) is 3.99. The van der Waals surface area contributed by atoms with Crippen molar-refractivity contribution in [2.24, 2.45) is 0 Å². The first-order chi connectivity index (χ1) is 15.4. The maximum absolute atomic E-state index is 13.2. The summed E-state index contributed by atoms with van der Waals surface area (Å²) in [5, 5.41) is 4.38. The molecule has 1 aliphatic rings. The zero-order valence-electron chi connectivity index (χ0n) is 18.4. The van der Waals surface area contributed by atoms with Gasteiger partial charge in [0.1, 0.15) is 0 Å². The largest absolute Gasteiger partial charge is 0.337 e. The van der Waals surface area contributed by atoms with Crippen LogP contribution in [0.4, 0.5) is 0 Å². The number of amides is 1. The molecule has 1 amide bonds. The van der Waals surface area contributed by atoms with Crippen molar-refractivity contribution < 1.29 is 13.2 Å². The van der Waals surface area contributed by atoms with Gasteiger partial charge in [-0.3, -0.25) is 4.79 Å². The number of nitrogens with zero attached hydrogens (tertiary/aromatic N) is 4. The summed E-state index contributed by atoms with van der Waals surface area (Å²) in [5.41, 5.74) is 2.85. The second-order valence-corrected chi connectivity index (χ2v) is 10.1. The van der Waals surface area contributed by atoms with Crippen LogP contribution in [0.2, 0.25) is 0 Å². The summed E-state index contributed by atoms with van der Waals surface area (Å²) < 4.78 is 29.6. The Morgan fingerprint density at radius 1 is 1.06 bits per heavy atom. The SMILES string of the molecule is Cc1ccc(C(=O)N(C)Cc2cnn(-c3ccccc3)c2)cc1S(=O)(=O)N1CCCCC1. The molecule has 0 atom stereocenters. The molecule has 0 N–H and O–H groups in total. The summed E-state index contributed by atoms with van der Waals surface area (Å²) in [4.78, 5) is 14.9. The van der Waals surface area contributed by atoms with Crippen molar-refractivity contribution in [1.29, 1.82) is 0 Å². The highest BCUT2D eigenvalue weighted by atomic mass is 32.2. The lowest BCUT2D eigenvalue weighted by atomic mass is 10.1. The molecule has 1 saturated heterocycles. The molecule has 0 unspecified atom stereocenters. The van der Waals surface area contributed by atoms with Gasteiger partial charge in [0.05, 0.1) is 16.8 Å². The average Bonchev–Trinajstić information content (AvgIpc) is 3.28. The van der Waals surface area contributed by atoms with Crippen LogP contribution >= 0.6 is 0 Å². The van der Waals surface area contributed by atoms with Crippen LogP contribution in [0.3, 0.4) is 0 Å². The number of aryl methyl sites for hydroxylation is 1.